The predicted octanol–water partition coefficient (Wildman–Crippen LogP) is 1.08. The summed E-state index contributed by atoms with van der Waals surface area (Å²) in [7, 11) is 0. The van der Waals surface area contributed by atoms with Gasteiger partial charge in [-0.15, -0.1) is 5.10 Å². The van der Waals surface area contributed by atoms with E-state index in [-0.39, 0.29) is 0 Å². The molecule has 1 N–H and O–H groups in total. The number of hydrogen-bond acceptors (Lipinski definition) is 4. The fourth-order valence-corrected chi connectivity index (χ4v) is 2.08. The van der Waals surface area contributed by atoms with Crippen LogP contribution in [0.1, 0.15) is 19.0 Å². The molecule has 66 valence electrons. The zero-order valence-corrected chi connectivity index (χ0v) is 8.02. The second-order valence-electron chi connectivity index (χ2n) is 3.53. The van der Waals surface area contributed by atoms with Gasteiger partial charge < -0.3 is 5.32 Å². The standard InChI is InChI=1S/C8H13N3S/c1-2-8(5-9-6-8)3-7-4-12-11-10-7/h4,9H,2-3,5-6H2,1H3. The summed E-state index contributed by atoms with van der Waals surface area (Å²) in [4.78, 5) is 0. The van der Waals surface area contributed by atoms with Crippen LogP contribution < -0.4 is 5.32 Å². The van der Waals surface area contributed by atoms with E-state index in [0.717, 1.165) is 25.2 Å². The highest BCUT2D eigenvalue weighted by molar-refractivity contribution is 7.03. The number of hydrogen-bond donors (Lipinski definition) is 1. The van der Waals surface area contributed by atoms with Crippen LogP contribution in [0.4, 0.5) is 0 Å². The SMILES string of the molecule is CCC1(Cc2csnn2)CNC1. The van der Waals surface area contributed by atoms with Crippen LogP contribution in [0.3, 0.4) is 0 Å². The Morgan fingerprint density at radius 2 is 2.50 bits per heavy atom. The molecule has 3 nitrogen and oxygen atoms in total. The van der Waals surface area contributed by atoms with E-state index >= 15 is 0 Å². The van der Waals surface area contributed by atoms with Crippen LogP contribution in [-0.4, -0.2) is 22.7 Å². The van der Waals surface area contributed by atoms with E-state index in [0.29, 0.717) is 5.41 Å². The van der Waals surface area contributed by atoms with Crippen LogP contribution in [0, 0.1) is 5.41 Å². The molecule has 1 aromatic rings. The average molecular weight is 183 g/mol. The third kappa shape index (κ3) is 1.36. The van der Waals surface area contributed by atoms with E-state index in [2.05, 4.69) is 27.2 Å². The summed E-state index contributed by atoms with van der Waals surface area (Å²) < 4.78 is 3.87. The van der Waals surface area contributed by atoms with Gasteiger partial charge in [-0.1, -0.05) is 11.4 Å². The van der Waals surface area contributed by atoms with Crippen LogP contribution in [0.2, 0.25) is 0 Å². The molecule has 2 rings (SSSR count). The van der Waals surface area contributed by atoms with Crippen molar-refractivity contribution in [3.8, 4) is 0 Å². The Labute approximate surface area is 76.4 Å². The number of nitrogens with one attached hydrogen (secondary N) is 1. The van der Waals surface area contributed by atoms with E-state index in [4.69, 9.17) is 0 Å². The molecule has 4 heteroatoms. The Bertz CT molecular complexity index is 235. The van der Waals surface area contributed by atoms with Gasteiger partial charge >= 0.3 is 0 Å². The van der Waals surface area contributed by atoms with Crippen molar-refractivity contribution in [1.29, 1.82) is 0 Å². The van der Waals surface area contributed by atoms with Crippen molar-refractivity contribution in [2.45, 2.75) is 19.8 Å². The predicted molar refractivity (Wildman–Crippen MR) is 49.2 cm³/mol. The number of nitrogens with zero attached hydrogens (tertiary/aromatic N) is 2. The molecule has 2 heterocycles. The van der Waals surface area contributed by atoms with Gasteiger partial charge in [-0.25, -0.2) is 0 Å². The second-order valence-corrected chi connectivity index (χ2v) is 4.14. The minimum atomic E-state index is 0.482. The third-order valence-electron chi connectivity index (χ3n) is 2.71. The van der Waals surface area contributed by atoms with Gasteiger partial charge in [0.15, 0.2) is 0 Å². The summed E-state index contributed by atoms with van der Waals surface area (Å²) in [6.45, 7) is 4.53. The van der Waals surface area contributed by atoms with Crippen LogP contribution >= 0.6 is 11.5 Å². The molecule has 0 aromatic carbocycles. The second kappa shape index (κ2) is 3.11. The molecule has 0 saturated carbocycles. The lowest BCUT2D eigenvalue weighted by atomic mass is 9.75. The average Bonchev–Trinajstić information content (AvgIpc) is 2.49. The van der Waals surface area contributed by atoms with Gasteiger partial charge in [0.1, 0.15) is 0 Å². The Kier molecular flexibility index (Phi) is 2.11. The molecule has 0 aliphatic carbocycles. The maximum Gasteiger partial charge on any atom is 0.0761 e. The number of aromatic nitrogens is 2. The molecule has 0 amide bonds. The summed E-state index contributed by atoms with van der Waals surface area (Å²) in [6, 6.07) is 0. The van der Waals surface area contributed by atoms with Crippen molar-refractivity contribution in [3.05, 3.63) is 11.1 Å². The van der Waals surface area contributed by atoms with Gasteiger partial charge in [-0.2, -0.15) is 0 Å². The first kappa shape index (κ1) is 8.13. The first-order valence-corrected chi connectivity index (χ1v) is 5.15. The van der Waals surface area contributed by atoms with Crippen molar-refractivity contribution in [1.82, 2.24) is 14.9 Å². The topological polar surface area (TPSA) is 37.8 Å². The van der Waals surface area contributed by atoms with Gasteiger partial charge in [-0.05, 0) is 18.0 Å². The molecule has 0 spiro atoms. The molecular weight excluding hydrogens is 170 g/mol. The van der Waals surface area contributed by atoms with Crippen molar-refractivity contribution in [2.24, 2.45) is 5.41 Å². The van der Waals surface area contributed by atoms with Crippen molar-refractivity contribution in [3.63, 3.8) is 0 Å². The fourth-order valence-electron chi connectivity index (χ4n) is 1.62. The van der Waals surface area contributed by atoms with E-state index in [9.17, 15) is 0 Å². The molecule has 0 bridgehead atoms. The summed E-state index contributed by atoms with van der Waals surface area (Å²) in [6.07, 6.45) is 2.32. The minimum absolute atomic E-state index is 0.482. The van der Waals surface area contributed by atoms with Crippen LogP contribution in [-0.2, 0) is 6.42 Å². The fraction of sp³-hybridized carbons (Fsp3) is 0.750. The van der Waals surface area contributed by atoms with Crippen LogP contribution in [0.25, 0.3) is 0 Å². The lowest BCUT2D eigenvalue weighted by Gasteiger charge is -2.41. The highest BCUT2D eigenvalue weighted by Crippen LogP contribution is 2.30. The van der Waals surface area contributed by atoms with Crippen molar-refractivity contribution in [2.75, 3.05) is 13.1 Å². The first-order chi connectivity index (χ1) is 5.85. The molecule has 1 aromatic heterocycles. The zero-order valence-electron chi connectivity index (χ0n) is 7.21. The van der Waals surface area contributed by atoms with E-state index in [1.165, 1.54) is 18.0 Å². The van der Waals surface area contributed by atoms with Gasteiger partial charge in [0, 0.05) is 30.3 Å². The summed E-state index contributed by atoms with van der Waals surface area (Å²) in [5.74, 6) is 0. The highest BCUT2D eigenvalue weighted by Gasteiger charge is 2.35. The maximum absolute atomic E-state index is 4.07. The number of rotatable bonds is 3. The van der Waals surface area contributed by atoms with Crippen molar-refractivity contribution >= 4 is 11.5 Å². The van der Waals surface area contributed by atoms with E-state index < -0.39 is 0 Å². The lowest BCUT2D eigenvalue weighted by molar-refractivity contribution is 0.158. The van der Waals surface area contributed by atoms with Crippen molar-refractivity contribution < 1.29 is 0 Å². The Morgan fingerprint density at radius 1 is 1.67 bits per heavy atom. The molecule has 0 atom stereocenters. The highest BCUT2D eigenvalue weighted by atomic mass is 32.1. The molecule has 12 heavy (non-hydrogen) atoms. The van der Waals surface area contributed by atoms with Gasteiger partial charge in [-0.3, -0.25) is 0 Å². The Hall–Kier alpha value is -0.480. The molecule has 0 unspecified atom stereocenters. The minimum Gasteiger partial charge on any atom is -0.316 e. The summed E-state index contributed by atoms with van der Waals surface area (Å²) >= 11 is 1.44. The van der Waals surface area contributed by atoms with E-state index in [1.54, 1.807) is 0 Å². The molecule has 1 fully saturated rings. The van der Waals surface area contributed by atoms with Crippen LogP contribution in [0.15, 0.2) is 5.38 Å². The monoisotopic (exact) mass is 183 g/mol. The van der Waals surface area contributed by atoms with Gasteiger partial charge in [0.25, 0.3) is 0 Å². The zero-order chi connectivity index (χ0) is 8.44. The summed E-state index contributed by atoms with van der Waals surface area (Å²) in [5, 5.41) is 9.44. The lowest BCUT2D eigenvalue weighted by Crippen LogP contribution is -2.54. The molecular formula is C8H13N3S. The van der Waals surface area contributed by atoms with Gasteiger partial charge in [0.2, 0.25) is 0 Å². The molecule has 0 radical (unpaired) electrons. The quantitative estimate of drug-likeness (QED) is 0.762. The Balaban J connectivity index is 2.01. The molecule has 1 aliphatic rings. The summed E-state index contributed by atoms with van der Waals surface area (Å²) in [5.41, 5.74) is 1.64. The smallest absolute Gasteiger partial charge is 0.0761 e. The normalized spacial score (nSPS) is 20.4. The molecule has 1 saturated heterocycles. The van der Waals surface area contributed by atoms with Crippen LogP contribution in [0.5, 0.6) is 0 Å². The van der Waals surface area contributed by atoms with Gasteiger partial charge in [0.05, 0.1) is 5.69 Å². The maximum atomic E-state index is 4.07. The van der Waals surface area contributed by atoms with E-state index in [1.807, 2.05) is 0 Å². The first-order valence-electron chi connectivity index (χ1n) is 4.31. The molecule has 1 aliphatic heterocycles. The third-order valence-corrected chi connectivity index (χ3v) is 3.26. The largest absolute Gasteiger partial charge is 0.316 e. The Morgan fingerprint density at radius 3 is 2.92 bits per heavy atom.